The van der Waals surface area contributed by atoms with Crippen molar-refractivity contribution in [3.05, 3.63) is 59.3 Å². The Balaban J connectivity index is 2.04. The summed E-state index contributed by atoms with van der Waals surface area (Å²) in [5.41, 5.74) is 8.27. The van der Waals surface area contributed by atoms with Gasteiger partial charge >= 0.3 is 0 Å². The third kappa shape index (κ3) is 3.31. The van der Waals surface area contributed by atoms with Gasteiger partial charge in [0, 0.05) is 6.54 Å². The minimum atomic E-state index is -0.210. The molecule has 1 amide bonds. The SMILES string of the molecule is CCc1ccccc1CNC(=O)c1cccc(N)n1. The van der Waals surface area contributed by atoms with Crippen molar-refractivity contribution in [3.63, 3.8) is 0 Å². The minimum Gasteiger partial charge on any atom is -0.384 e. The standard InChI is InChI=1S/C15H17N3O/c1-2-11-6-3-4-7-12(11)10-17-15(19)13-8-5-9-14(16)18-13/h3-9H,2,10H2,1H3,(H2,16,18)(H,17,19). The topological polar surface area (TPSA) is 68.0 Å². The van der Waals surface area contributed by atoms with E-state index in [1.165, 1.54) is 5.56 Å². The first-order valence-electron chi connectivity index (χ1n) is 6.28. The highest BCUT2D eigenvalue weighted by molar-refractivity contribution is 5.92. The molecule has 98 valence electrons. The summed E-state index contributed by atoms with van der Waals surface area (Å²) in [7, 11) is 0. The first-order chi connectivity index (χ1) is 9.20. The third-order valence-electron chi connectivity index (χ3n) is 2.94. The number of amides is 1. The molecule has 0 aliphatic rings. The van der Waals surface area contributed by atoms with E-state index in [0.717, 1.165) is 12.0 Å². The van der Waals surface area contributed by atoms with Crippen molar-refractivity contribution < 1.29 is 4.79 Å². The van der Waals surface area contributed by atoms with E-state index >= 15 is 0 Å². The predicted octanol–water partition coefficient (Wildman–Crippen LogP) is 2.16. The van der Waals surface area contributed by atoms with Crippen molar-refractivity contribution in [2.24, 2.45) is 0 Å². The number of nitrogens with zero attached hydrogens (tertiary/aromatic N) is 1. The molecule has 0 saturated heterocycles. The average Bonchev–Trinajstić information content (AvgIpc) is 2.45. The molecule has 1 heterocycles. The highest BCUT2D eigenvalue weighted by Crippen LogP contribution is 2.09. The van der Waals surface area contributed by atoms with Gasteiger partial charge in [0.25, 0.3) is 5.91 Å². The van der Waals surface area contributed by atoms with Crippen LogP contribution in [0.4, 0.5) is 5.82 Å². The molecule has 0 aliphatic heterocycles. The largest absolute Gasteiger partial charge is 0.384 e. The van der Waals surface area contributed by atoms with Gasteiger partial charge in [-0.1, -0.05) is 37.3 Å². The summed E-state index contributed by atoms with van der Waals surface area (Å²) in [6.07, 6.45) is 0.947. The monoisotopic (exact) mass is 255 g/mol. The quantitative estimate of drug-likeness (QED) is 0.879. The van der Waals surface area contributed by atoms with E-state index in [-0.39, 0.29) is 5.91 Å². The van der Waals surface area contributed by atoms with Crippen molar-refractivity contribution in [3.8, 4) is 0 Å². The zero-order valence-corrected chi connectivity index (χ0v) is 10.9. The number of rotatable bonds is 4. The highest BCUT2D eigenvalue weighted by atomic mass is 16.1. The van der Waals surface area contributed by atoms with E-state index in [9.17, 15) is 4.79 Å². The van der Waals surface area contributed by atoms with E-state index in [2.05, 4.69) is 23.3 Å². The molecule has 0 unspecified atom stereocenters. The number of aromatic nitrogens is 1. The van der Waals surface area contributed by atoms with Crippen LogP contribution in [0.1, 0.15) is 28.5 Å². The maximum atomic E-state index is 11.9. The zero-order valence-electron chi connectivity index (χ0n) is 10.9. The van der Waals surface area contributed by atoms with Gasteiger partial charge < -0.3 is 11.1 Å². The van der Waals surface area contributed by atoms with E-state index in [0.29, 0.717) is 18.1 Å². The van der Waals surface area contributed by atoms with E-state index in [1.54, 1.807) is 18.2 Å². The maximum absolute atomic E-state index is 11.9. The van der Waals surface area contributed by atoms with Gasteiger partial charge in [0.15, 0.2) is 0 Å². The Bertz CT molecular complexity index is 581. The molecule has 0 saturated carbocycles. The molecule has 0 atom stereocenters. The van der Waals surface area contributed by atoms with Crippen LogP contribution in [0.5, 0.6) is 0 Å². The molecule has 0 bridgehead atoms. The van der Waals surface area contributed by atoms with Crippen molar-refractivity contribution in [1.82, 2.24) is 10.3 Å². The minimum absolute atomic E-state index is 0.210. The number of aryl methyl sites for hydroxylation is 1. The van der Waals surface area contributed by atoms with Crippen LogP contribution in [0.2, 0.25) is 0 Å². The van der Waals surface area contributed by atoms with Crippen LogP contribution < -0.4 is 11.1 Å². The van der Waals surface area contributed by atoms with Crippen LogP contribution in [0.3, 0.4) is 0 Å². The fraction of sp³-hybridized carbons (Fsp3) is 0.200. The molecule has 2 rings (SSSR count). The van der Waals surface area contributed by atoms with Gasteiger partial charge in [-0.25, -0.2) is 4.98 Å². The molecule has 19 heavy (non-hydrogen) atoms. The molecule has 2 aromatic rings. The Labute approximate surface area is 112 Å². The molecule has 3 N–H and O–H groups in total. The average molecular weight is 255 g/mol. The van der Waals surface area contributed by atoms with Gasteiger partial charge in [-0.2, -0.15) is 0 Å². The van der Waals surface area contributed by atoms with Crippen LogP contribution in [0.15, 0.2) is 42.5 Å². The Morgan fingerprint density at radius 3 is 2.58 bits per heavy atom. The predicted molar refractivity (Wildman–Crippen MR) is 75.6 cm³/mol. The summed E-state index contributed by atoms with van der Waals surface area (Å²) in [5, 5.41) is 2.86. The van der Waals surface area contributed by atoms with Crippen molar-refractivity contribution >= 4 is 11.7 Å². The second-order valence-electron chi connectivity index (χ2n) is 4.25. The lowest BCUT2D eigenvalue weighted by Crippen LogP contribution is -2.24. The Kier molecular flexibility index (Phi) is 4.13. The summed E-state index contributed by atoms with van der Waals surface area (Å²) >= 11 is 0. The first-order valence-corrected chi connectivity index (χ1v) is 6.28. The number of nitrogens with one attached hydrogen (secondary N) is 1. The smallest absolute Gasteiger partial charge is 0.270 e. The first kappa shape index (κ1) is 13.1. The fourth-order valence-corrected chi connectivity index (χ4v) is 1.92. The summed E-state index contributed by atoms with van der Waals surface area (Å²) in [5.74, 6) is 0.139. The van der Waals surface area contributed by atoms with Gasteiger partial charge in [-0.05, 0) is 29.7 Å². The number of pyridine rings is 1. The molecule has 1 aromatic heterocycles. The van der Waals surface area contributed by atoms with E-state index in [4.69, 9.17) is 5.73 Å². The lowest BCUT2D eigenvalue weighted by Gasteiger charge is -2.09. The highest BCUT2D eigenvalue weighted by Gasteiger charge is 2.08. The summed E-state index contributed by atoms with van der Waals surface area (Å²) in [4.78, 5) is 15.9. The summed E-state index contributed by atoms with van der Waals surface area (Å²) in [6.45, 7) is 2.60. The number of carbonyl (C=O) groups is 1. The fourth-order valence-electron chi connectivity index (χ4n) is 1.92. The van der Waals surface area contributed by atoms with E-state index in [1.807, 2.05) is 18.2 Å². The summed E-state index contributed by atoms with van der Waals surface area (Å²) in [6, 6.07) is 13.1. The zero-order chi connectivity index (χ0) is 13.7. The van der Waals surface area contributed by atoms with Crippen molar-refractivity contribution in [1.29, 1.82) is 0 Å². The van der Waals surface area contributed by atoms with Crippen molar-refractivity contribution in [2.75, 3.05) is 5.73 Å². The Morgan fingerprint density at radius 1 is 1.16 bits per heavy atom. The number of benzene rings is 1. The number of carbonyl (C=O) groups excluding carboxylic acids is 1. The number of anilines is 1. The second kappa shape index (κ2) is 6.00. The summed E-state index contributed by atoms with van der Waals surface area (Å²) < 4.78 is 0. The molecule has 0 aliphatic carbocycles. The molecule has 0 spiro atoms. The van der Waals surface area contributed by atoms with Crippen LogP contribution in [0, 0.1) is 0 Å². The normalized spacial score (nSPS) is 10.2. The molecule has 0 radical (unpaired) electrons. The van der Waals surface area contributed by atoms with Crippen LogP contribution >= 0.6 is 0 Å². The van der Waals surface area contributed by atoms with Gasteiger partial charge in [-0.15, -0.1) is 0 Å². The second-order valence-corrected chi connectivity index (χ2v) is 4.25. The lowest BCUT2D eigenvalue weighted by molar-refractivity contribution is 0.0946. The molecule has 1 aromatic carbocycles. The molecular formula is C15H17N3O. The van der Waals surface area contributed by atoms with Gasteiger partial charge in [0.05, 0.1) is 0 Å². The molecule has 4 nitrogen and oxygen atoms in total. The Hall–Kier alpha value is -2.36. The number of nitrogen functional groups attached to an aromatic ring is 1. The van der Waals surface area contributed by atoms with Crippen LogP contribution in [0.25, 0.3) is 0 Å². The van der Waals surface area contributed by atoms with Gasteiger partial charge in [-0.3, -0.25) is 4.79 Å². The third-order valence-corrected chi connectivity index (χ3v) is 2.94. The van der Waals surface area contributed by atoms with Crippen LogP contribution in [-0.2, 0) is 13.0 Å². The number of nitrogens with two attached hydrogens (primary N) is 1. The number of hydrogen-bond donors (Lipinski definition) is 2. The number of hydrogen-bond acceptors (Lipinski definition) is 3. The molecule has 4 heteroatoms. The maximum Gasteiger partial charge on any atom is 0.270 e. The molecular weight excluding hydrogens is 238 g/mol. The van der Waals surface area contributed by atoms with E-state index < -0.39 is 0 Å². The van der Waals surface area contributed by atoms with Gasteiger partial charge in [0.1, 0.15) is 11.5 Å². The van der Waals surface area contributed by atoms with Gasteiger partial charge in [0.2, 0.25) is 0 Å². The Morgan fingerprint density at radius 2 is 1.89 bits per heavy atom. The molecule has 0 fully saturated rings. The van der Waals surface area contributed by atoms with Crippen molar-refractivity contribution in [2.45, 2.75) is 19.9 Å². The lowest BCUT2D eigenvalue weighted by atomic mass is 10.1. The van der Waals surface area contributed by atoms with Crippen LogP contribution in [-0.4, -0.2) is 10.9 Å².